The molecule has 0 unspecified atom stereocenters. The van der Waals surface area contributed by atoms with Gasteiger partial charge in [-0.3, -0.25) is 14.8 Å². The lowest BCUT2D eigenvalue weighted by Crippen LogP contribution is -2.61. The highest BCUT2D eigenvalue weighted by atomic mass is 15.3. The van der Waals surface area contributed by atoms with E-state index in [4.69, 9.17) is 0 Å². The Kier molecular flexibility index (Phi) is 4.37. The molecule has 0 N–H and O–H groups in total. The Morgan fingerprint density at radius 1 is 1.25 bits per heavy atom. The molecule has 2 aliphatic heterocycles. The zero-order chi connectivity index (χ0) is 13.9. The van der Waals surface area contributed by atoms with Gasteiger partial charge in [-0.15, -0.1) is 0 Å². The molecular weight excluding hydrogens is 246 g/mol. The van der Waals surface area contributed by atoms with Crippen LogP contribution in [0, 0.1) is 0 Å². The smallest absolute Gasteiger partial charge is 0.0544 e. The molecule has 3 rings (SSSR count). The number of aromatic nitrogens is 1. The van der Waals surface area contributed by atoms with Crippen LogP contribution < -0.4 is 0 Å². The third kappa shape index (κ3) is 3.04. The van der Waals surface area contributed by atoms with E-state index in [2.05, 4.69) is 40.8 Å². The average molecular weight is 273 g/mol. The van der Waals surface area contributed by atoms with Crippen LogP contribution in [0.3, 0.4) is 0 Å². The third-order valence-corrected chi connectivity index (χ3v) is 4.94. The molecule has 20 heavy (non-hydrogen) atoms. The summed E-state index contributed by atoms with van der Waals surface area (Å²) in [5.41, 5.74) is 2.55. The van der Waals surface area contributed by atoms with Gasteiger partial charge < -0.3 is 0 Å². The van der Waals surface area contributed by atoms with Crippen molar-refractivity contribution >= 4 is 0 Å². The van der Waals surface area contributed by atoms with Gasteiger partial charge in [0, 0.05) is 37.9 Å². The van der Waals surface area contributed by atoms with Gasteiger partial charge in [0.15, 0.2) is 0 Å². The van der Waals surface area contributed by atoms with Crippen LogP contribution in [0.25, 0.3) is 0 Å². The first kappa shape index (κ1) is 14.0. The molecule has 0 radical (unpaired) electrons. The largest absolute Gasteiger partial charge is 0.295 e. The van der Waals surface area contributed by atoms with Gasteiger partial charge in [0.1, 0.15) is 0 Å². The maximum absolute atomic E-state index is 4.57. The summed E-state index contributed by atoms with van der Waals surface area (Å²) < 4.78 is 0. The number of nitrogens with zero attached hydrogens (tertiary/aromatic N) is 3. The van der Waals surface area contributed by atoms with E-state index >= 15 is 0 Å². The predicted molar refractivity (Wildman–Crippen MR) is 82.7 cm³/mol. The van der Waals surface area contributed by atoms with Crippen molar-refractivity contribution < 1.29 is 0 Å². The summed E-state index contributed by atoms with van der Waals surface area (Å²) in [5.74, 6) is 0. The van der Waals surface area contributed by atoms with Gasteiger partial charge in [-0.1, -0.05) is 19.4 Å². The molecule has 2 aliphatic rings. The molecule has 3 nitrogen and oxygen atoms in total. The zero-order valence-corrected chi connectivity index (χ0v) is 12.9. The van der Waals surface area contributed by atoms with Gasteiger partial charge in [0.25, 0.3) is 0 Å². The first-order valence-electron chi connectivity index (χ1n) is 8.18. The van der Waals surface area contributed by atoms with E-state index in [1.54, 1.807) is 0 Å². The van der Waals surface area contributed by atoms with E-state index in [9.17, 15) is 0 Å². The molecule has 1 aromatic heterocycles. The second kappa shape index (κ2) is 6.23. The van der Waals surface area contributed by atoms with Crippen LogP contribution in [-0.4, -0.2) is 46.5 Å². The monoisotopic (exact) mass is 273 g/mol. The molecule has 0 aliphatic carbocycles. The molecule has 110 valence electrons. The van der Waals surface area contributed by atoms with Gasteiger partial charge in [-0.25, -0.2) is 0 Å². The number of aryl methyl sites for hydroxylation is 1. The van der Waals surface area contributed by atoms with Crippen molar-refractivity contribution in [1.82, 2.24) is 14.8 Å². The lowest BCUT2D eigenvalue weighted by atomic mass is 9.97. The van der Waals surface area contributed by atoms with E-state index in [0.717, 1.165) is 25.0 Å². The van der Waals surface area contributed by atoms with Crippen molar-refractivity contribution in [3.63, 3.8) is 0 Å². The van der Waals surface area contributed by atoms with Crippen molar-refractivity contribution in [3.8, 4) is 0 Å². The minimum atomic E-state index is 0.790. The van der Waals surface area contributed by atoms with E-state index in [1.807, 2.05) is 6.20 Å². The summed E-state index contributed by atoms with van der Waals surface area (Å²) in [4.78, 5) is 9.83. The summed E-state index contributed by atoms with van der Waals surface area (Å²) >= 11 is 0. The Morgan fingerprint density at radius 2 is 2.10 bits per heavy atom. The van der Waals surface area contributed by atoms with Crippen molar-refractivity contribution in [1.29, 1.82) is 0 Å². The van der Waals surface area contributed by atoms with Crippen LogP contribution in [-0.2, 0) is 13.0 Å². The van der Waals surface area contributed by atoms with E-state index in [1.165, 1.54) is 50.2 Å². The molecule has 0 amide bonds. The Hall–Kier alpha value is -0.930. The summed E-state index contributed by atoms with van der Waals surface area (Å²) in [7, 11) is 0. The van der Waals surface area contributed by atoms with Crippen LogP contribution >= 0.6 is 0 Å². The highest BCUT2D eigenvalue weighted by Crippen LogP contribution is 2.25. The summed E-state index contributed by atoms with van der Waals surface area (Å²) in [5, 5.41) is 0. The lowest BCUT2D eigenvalue weighted by Gasteiger charge is -2.49. The Morgan fingerprint density at radius 3 is 2.75 bits per heavy atom. The number of piperidine rings is 1. The van der Waals surface area contributed by atoms with Crippen LogP contribution in [0.4, 0.5) is 0 Å². The predicted octanol–water partition coefficient (Wildman–Crippen LogP) is 2.70. The highest BCUT2D eigenvalue weighted by Gasteiger charge is 2.34. The first-order valence-corrected chi connectivity index (χ1v) is 8.18. The van der Waals surface area contributed by atoms with Gasteiger partial charge in [0.2, 0.25) is 0 Å². The normalized spacial score (nSPS) is 25.6. The maximum atomic E-state index is 4.57. The fraction of sp³-hybridized carbons (Fsp3) is 0.706. The second-order valence-electron chi connectivity index (χ2n) is 6.44. The van der Waals surface area contributed by atoms with Crippen LogP contribution in [0.1, 0.15) is 44.4 Å². The number of hydrogen-bond acceptors (Lipinski definition) is 3. The topological polar surface area (TPSA) is 19.4 Å². The maximum Gasteiger partial charge on any atom is 0.0544 e. The van der Waals surface area contributed by atoms with Gasteiger partial charge in [0.05, 0.1) is 5.69 Å². The lowest BCUT2D eigenvalue weighted by molar-refractivity contribution is -0.00674. The van der Waals surface area contributed by atoms with E-state index in [-0.39, 0.29) is 0 Å². The second-order valence-corrected chi connectivity index (χ2v) is 6.44. The van der Waals surface area contributed by atoms with Gasteiger partial charge in [-0.05, 0) is 44.4 Å². The molecule has 0 saturated carbocycles. The van der Waals surface area contributed by atoms with Crippen LogP contribution in [0.2, 0.25) is 0 Å². The molecule has 0 aromatic carbocycles. The number of pyridine rings is 1. The standard InChI is InChI=1S/C17H27N3/c1-3-15-7-8-16(18-10-15)11-19-12-17(13-19)20-9-5-4-6-14(20)2/h7-8,10,14,17H,3-6,9,11-13H2,1-2H3/t14-/m0/s1. The van der Waals surface area contributed by atoms with Crippen molar-refractivity contribution in [2.75, 3.05) is 19.6 Å². The van der Waals surface area contributed by atoms with Gasteiger partial charge >= 0.3 is 0 Å². The Bertz CT molecular complexity index is 422. The van der Waals surface area contributed by atoms with Gasteiger partial charge in [-0.2, -0.15) is 0 Å². The molecular formula is C17H27N3. The average Bonchev–Trinajstić information content (AvgIpc) is 2.44. The van der Waals surface area contributed by atoms with Crippen molar-refractivity contribution in [3.05, 3.63) is 29.6 Å². The van der Waals surface area contributed by atoms with Crippen molar-refractivity contribution in [2.45, 2.75) is 58.2 Å². The summed E-state index contributed by atoms with van der Waals surface area (Å²) in [6, 6.07) is 5.99. The van der Waals surface area contributed by atoms with Crippen molar-refractivity contribution in [2.24, 2.45) is 0 Å². The molecule has 1 atom stereocenters. The van der Waals surface area contributed by atoms with E-state index in [0.29, 0.717) is 0 Å². The zero-order valence-electron chi connectivity index (χ0n) is 12.9. The molecule has 2 saturated heterocycles. The molecule has 3 heterocycles. The molecule has 0 spiro atoms. The summed E-state index contributed by atoms with van der Waals surface area (Å²) in [6.45, 7) is 9.35. The minimum Gasteiger partial charge on any atom is -0.295 e. The number of hydrogen-bond donors (Lipinski definition) is 0. The van der Waals surface area contributed by atoms with E-state index < -0.39 is 0 Å². The molecule has 1 aromatic rings. The molecule has 0 bridgehead atoms. The third-order valence-electron chi connectivity index (χ3n) is 4.94. The molecule has 3 heteroatoms. The number of rotatable bonds is 4. The fourth-order valence-electron chi connectivity index (χ4n) is 3.53. The molecule has 2 fully saturated rings. The van der Waals surface area contributed by atoms with Crippen LogP contribution in [0.15, 0.2) is 18.3 Å². The fourth-order valence-corrected chi connectivity index (χ4v) is 3.53. The first-order chi connectivity index (χ1) is 9.76. The SMILES string of the molecule is CCc1ccc(CN2CC(N3CCCC[C@@H]3C)C2)nc1. The Balaban J connectivity index is 1.47. The number of likely N-dealkylation sites (tertiary alicyclic amines) is 2. The minimum absolute atomic E-state index is 0.790. The summed E-state index contributed by atoms with van der Waals surface area (Å²) in [6.07, 6.45) is 7.30. The quantitative estimate of drug-likeness (QED) is 0.841. The highest BCUT2D eigenvalue weighted by molar-refractivity contribution is 5.14. The Labute approximate surface area is 123 Å². The van der Waals surface area contributed by atoms with Crippen LogP contribution in [0.5, 0.6) is 0 Å².